The molecule has 2 aromatic carbocycles. The molecule has 2 aromatic rings. The van der Waals surface area contributed by atoms with Gasteiger partial charge in [0.05, 0.1) is 13.5 Å². The number of rotatable bonds is 7. The molecule has 0 saturated heterocycles. The molecule has 6 heteroatoms. The molecule has 0 aliphatic heterocycles. The normalized spacial score (nSPS) is 10.0. The summed E-state index contributed by atoms with van der Waals surface area (Å²) in [5.74, 6) is -0.271. The second kappa shape index (κ2) is 8.63. The molecule has 0 fully saturated rings. The predicted octanol–water partition coefficient (Wildman–Crippen LogP) is 2.62. The van der Waals surface area contributed by atoms with Crippen molar-refractivity contribution in [1.29, 1.82) is 0 Å². The van der Waals surface area contributed by atoms with Gasteiger partial charge in [0.15, 0.2) is 12.4 Å². The number of anilines is 1. The predicted molar refractivity (Wildman–Crippen MR) is 92.7 cm³/mol. The highest BCUT2D eigenvalue weighted by Crippen LogP contribution is 2.13. The monoisotopic (exact) mass is 341 g/mol. The van der Waals surface area contributed by atoms with Crippen LogP contribution in [0.2, 0.25) is 0 Å². The zero-order valence-corrected chi connectivity index (χ0v) is 14.1. The maximum Gasteiger partial charge on any atom is 0.310 e. The van der Waals surface area contributed by atoms with Crippen LogP contribution >= 0.6 is 0 Å². The van der Waals surface area contributed by atoms with E-state index in [0.29, 0.717) is 17.0 Å². The standard InChI is InChI=1S/C19H19NO5/c1-13(21)20-16-7-5-15(6-8-16)18(22)12-25-19(23)11-14-3-9-17(24-2)10-4-14/h3-10H,11-12H2,1-2H3,(H,20,21). The summed E-state index contributed by atoms with van der Waals surface area (Å²) in [7, 11) is 1.57. The number of methoxy groups -OCH3 is 1. The number of Topliss-reactive ketones (excluding diaryl/α,β-unsaturated/α-hetero) is 1. The Bertz CT molecular complexity index is 750. The molecule has 0 aliphatic carbocycles. The first kappa shape index (κ1) is 18.2. The van der Waals surface area contributed by atoms with Gasteiger partial charge in [-0.05, 0) is 42.0 Å². The molecule has 0 bridgehead atoms. The molecule has 0 spiro atoms. The van der Waals surface area contributed by atoms with Crippen LogP contribution in [-0.2, 0) is 20.7 Å². The molecule has 1 N–H and O–H groups in total. The second-order valence-electron chi connectivity index (χ2n) is 5.37. The van der Waals surface area contributed by atoms with Gasteiger partial charge in [-0.15, -0.1) is 0 Å². The molecule has 0 aliphatic rings. The maximum atomic E-state index is 12.0. The van der Waals surface area contributed by atoms with Gasteiger partial charge in [-0.2, -0.15) is 0 Å². The smallest absolute Gasteiger partial charge is 0.310 e. The van der Waals surface area contributed by atoms with Gasteiger partial charge >= 0.3 is 5.97 Å². The number of esters is 1. The third kappa shape index (κ3) is 5.76. The molecule has 0 unspecified atom stereocenters. The van der Waals surface area contributed by atoms with Crippen molar-refractivity contribution in [3.8, 4) is 5.75 Å². The molecule has 0 saturated carbocycles. The van der Waals surface area contributed by atoms with Gasteiger partial charge in [-0.25, -0.2) is 0 Å². The highest BCUT2D eigenvalue weighted by Gasteiger charge is 2.11. The van der Waals surface area contributed by atoms with E-state index in [9.17, 15) is 14.4 Å². The van der Waals surface area contributed by atoms with Gasteiger partial charge in [0, 0.05) is 18.2 Å². The van der Waals surface area contributed by atoms with Crippen molar-refractivity contribution in [2.45, 2.75) is 13.3 Å². The van der Waals surface area contributed by atoms with Crippen LogP contribution in [0, 0.1) is 0 Å². The fourth-order valence-corrected chi connectivity index (χ4v) is 2.13. The average Bonchev–Trinajstić information content (AvgIpc) is 2.60. The Labute approximate surface area is 145 Å². The van der Waals surface area contributed by atoms with Crippen LogP contribution in [0.3, 0.4) is 0 Å². The van der Waals surface area contributed by atoms with Gasteiger partial charge in [0.25, 0.3) is 0 Å². The number of amides is 1. The summed E-state index contributed by atoms with van der Waals surface area (Å²) in [6.45, 7) is 1.08. The van der Waals surface area contributed by atoms with E-state index in [0.717, 1.165) is 5.56 Å². The van der Waals surface area contributed by atoms with Gasteiger partial charge in [-0.3, -0.25) is 14.4 Å². The van der Waals surface area contributed by atoms with Gasteiger partial charge < -0.3 is 14.8 Å². The average molecular weight is 341 g/mol. The van der Waals surface area contributed by atoms with E-state index in [4.69, 9.17) is 9.47 Å². The molecule has 2 rings (SSSR count). The SMILES string of the molecule is COc1ccc(CC(=O)OCC(=O)c2ccc(NC(C)=O)cc2)cc1. The van der Waals surface area contributed by atoms with Gasteiger partial charge in [-0.1, -0.05) is 12.1 Å². The van der Waals surface area contributed by atoms with E-state index in [1.54, 1.807) is 55.6 Å². The summed E-state index contributed by atoms with van der Waals surface area (Å²) in [6, 6.07) is 13.4. The van der Waals surface area contributed by atoms with Crippen LogP contribution in [-0.4, -0.2) is 31.4 Å². The summed E-state index contributed by atoms with van der Waals surface area (Å²) in [5.41, 5.74) is 1.78. The third-order valence-corrected chi connectivity index (χ3v) is 3.40. The number of ketones is 1. The van der Waals surface area contributed by atoms with E-state index in [2.05, 4.69) is 5.32 Å². The molecule has 25 heavy (non-hydrogen) atoms. The minimum Gasteiger partial charge on any atom is -0.497 e. The lowest BCUT2D eigenvalue weighted by atomic mass is 10.1. The molecule has 130 valence electrons. The van der Waals surface area contributed by atoms with E-state index >= 15 is 0 Å². The molecule has 0 heterocycles. The highest BCUT2D eigenvalue weighted by atomic mass is 16.5. The van der Waals surface area contributed by atoms with Gasteiger partial charge in [0.2, 0.25) is 5.91 Å². The first-order valence-corrected chi connectivity index (χ1v) is 7.67. The van der Waals surface area contributed by atoms with Crippen LogP contribution in [0.5, 0.6) is 5.75 Å². The summed E-state index contributed by atoms with van der Waals surface area (Å²) in [4.78, 5) is 34.8. The lowest BCUT2D eigenvalue weighted by Crippen LogP contribution is -2.15. The fraction of sp³-hybridized carbons (Fsp3) is 0.211. The molecular weight excluding hydrogens is 322 g/mol. The summed E-state index contributed by atoms with van der Waals surface area (Å²) < 4.78 is 10.1. The Morgan fingerprint density at radius 3 is 2.16 bits per heavy atom. The first-order valence-electron chi connectivity index (χ1n) is 7.67. The Balaban J connectivity index is 1.83. The molecular formula is C19H19NO5. The molecule has 0 atom stereocenters. The number of hydrogen-bond acceptors (Lipinski definition) is 5. The Morgan fingerprint density at radius 2 is 1.60 bits per heavy atom. The van der Waals surface area contributed by atoms with Crippen molar-refractivity contribution < 1.29 is 23.9 Å². The molecule has 0 aromatic heterocycles. The van der Waals surface area contributed by atoms with Crippen LogP contribution in [0.15, 0.2) is 48.5 Å². The van der Waals surface area contributed by atoms with Crippen molar-refractivity contribution in [3.63, 3.8) is 0 Å². The van der Waals surface area contributed by atoms with E-state index in [1.807, 2.05) is 0 Å². The lowest BCUT2D eigenvalue weighted by molar-refractivity contribution is -0.141. The highest BCUT2D eigenvalue weighted by molar-refractivity contribution is 5.98. The molecule has 6 nitrogen and oxygen atoms in total. The largest absolute Gasteiger partial charge is 0.497 e. The zero-order valence-electron chi connectivity index (χ0n) is 14.1. The molecule has 1 amide bonds. The van der Waals surface area contributed by atoms with E-state index in [1.165, 1.54) is 6.92 Å². The van der Waals surface area contributed by atoms with Crippen molar-refractivity contribution >= 4 is 23.3 Å². The lowest BCUT2D eigenvalue weighted by Gasteiger charge is -2.06. The minimum absolute atomic E-state index is 0.0821. The number of ether oxygens (including phenoxy) is 2. The maximum absolute atomic E-state index is 12.0. The second-order valence-corrected chi connectivity index (χ2v) is 5.37. The Hall–Kier alpha value is -3.15. The van der Waals surface area contributed by atoms with Crippen LogP contribution in [0.1, 0.15) is 22.8 Å². The third-order valence-electron chi connectivity index (χ3n) is 3.40. The summed E-state index contributed by atoms with van der Waals surface area (Å²) >= 11 is 0. The van der Waals surface area contributed by atoms with Crippen molar-refractivity contribution in [2.75, 3.05) is 19.0 Å². The zero-order chi connectivity index (χ0) is 18.2. The fourth-order valence-electron chi connectivity index (χ4n) is 2.13. The molecule has 0 radical (unpaired) electrons. The topological polar surface area (TPSA) is 81.7 Å². The minimum atomic E-state index is -0.478. The van der Waals surface area contributed by atoms with E-state index in [-0.39, 0.29) is 24.7 Å². The van der Waals surface area contributed by atoms with Gasteiger partial charge in [0.1, 0.15) is 5.75 Å². The van der Waals surface area contributed by atoms with Crippen LogP contribution in [0.4, 0.5) is 5.69 Å². The summed E-state index contributed by atoms with van der Waals surface area (Å²) in [6.07, 6.45) is 0.0821. The van der Waals surface area contributed by atoms with Crippen LogP contribution < -0.4 is 10.1 Å². The number of nitrogens with one attached hydrogen (secondary N) is 1. The van der Waals surface area contributed by atoms with Crippen molar-refractivity contribution in [2.24, 2.45) is 0 Å². The van der Waals surface area contributed by atoms with Crippen molar-refractivity contribution in [1.82, 2.24) is 0 Å². The number of hydrogen-bond donors (Lipinski definition) is 1. The quantitative estimate of drug-likeness (QED) is 0.618. The number of carbonyl (C=O) groups excluding carboxylic acids is 3. The Kier molecular flexibility index (Phi) is 6.28. The summed E-state index contributed by atoms with van der Waals surface area (Å²) in [5, 5.41) is 2.61. The number of carbonyl (C=O) groups is 3. The Morgan fingerprint density at radius 1 is 0.960 bits per heavy atom. The first-order chi connectivity index (χ1) is 12.0. The van der Waals surface area contributed by atoms with E-state index < -0.39 is 5.97 Å². The number of benzene rings is 2. The van der Waals surface area contributed by atoms with Crippen LogP contribution in [0.25, 0.3) is 0 Å². The van der Waals surface area contributed by atoms with Crippen molar-refractivity contribution in [3.05, 3.63) is 59.7 Å².